The zero-order valence-electron chi connectivity index (χ0n) is 8.92. The predicted molar refractivity (Wildman–Crippen MR) is 60.3 cm³/mol. The number of sulfone groups is 1. The monoisotopic (exact) mass is 258 g/mol. The molecule has 2 N–H and O–H groups in total. The zero-order chi connectivity index (χ0) is 12.5. The van der Waals surface area contributed by atoms with Crippen molar-refractivity contribution in [3.8, 4) is 0 Å². The van der Waals surface area contributed by atoms with Gasteiger partial charge in [-0.2, -0.15) is 0 Å². The van der Waals surface area contributed by atoms with Crippen molar-refractivity contribution in [2.75, 3.05) is 16.8 Å². The Morgan fingerprint density at radius 3 is 2.88 bits per heavy atom. The van der Waals surface area contributed by atoms with Crippen LogP contribution in [0.25, 0.3) is 0 Å². The maximum Gasteiger partial charge on any atom is 0.357 e. The summed E-state index contributed by atoms with van der Waals surface area (Å²) in [4.78, 5) is 13.0. The molecule has 17 heavy (non-hydrogen) atoms. The van der Waals surface area contributed by atoms with Crippen molar-refractivity contribution in [1.82, 2.24) is 0 Å². The second kappa shape index (κ2) is 4.28. The molecule has 1 aliphatic heterocycles. The molecule has 0 radical (unpaired) electrons. The molecule has 1 saturated heterocycles. The molecule has 2 heterocycles. The first-order valence-corrected chi connectivity index (χ1v) is 6.92. The lowest BCUT2D eigenvalue weighted by molar-refractivity contribution is -0.409. The number of pyridine rings is 1. The number of aromatic amines is 1. The molecule has 0 unspecified atom stereocenters. The van der Waals surface area contributed by atoms with Crippen LogP contribution in [0.4, 0.5) is 11.5 Å². The number of rotatable bonds is 3. The highest BCUT2D eigenvalue weighted by molar-refractivity contribution is 7.91. The number of nitro groups is 1. The van der Waals surface area contributed by atoms with Gasteiger partial charge in [-0.15, -0.1) is 0 Å². The Hall–Kier alpha value is -1.70. The summed E-state index contributed by atoms with van der Waals surface area (Å²) in [7, 11) is -2.99. The fourth-order valence-electron chi connectivity index (χ4n) is 1.81. The minimum atomic E-state index is -2.99. The number of nitrogens with zero attached hydrogens (tertiary/aromatic N) is 1. The van der Waals surface area contributed by atoms with Crippen molar-refractivity contribution in [2.24, 2.45) is 0 Å². The van der Waals surface area contributed by atoms with E-state index in [0.717, 1.165) is 0 Å². The molecule has 1 fully saturated rings. The summed E-state index contributed by atoms with van der Waals surface area (Å²) >= 11 is 0. The van der Waals surface area contributed by atoms with Crippen LogP contribution in [0.3, 0.4) is 0 Å². The maximum absolute atomic E-state index is 11.3. The van der Waals surface area contributed by atoms with Gasteiger partial charge in [-0.05, 0) is 6.07 Å². The van der Waals surface area contributed by atoms with Crippen LogP contribution in [0.1, 0.15) is 6.42 Å². The van der Waals surface area contributed by atoms with Crippen LogP contribution in [0.5, 0.6) is 0 Å². The lowest BCUT2D eigenvalue weighted by Crippen LogP contribution is -2.25. The van der Waals surface area contributed by atoms with Gasteiger partial charge >= 0.3 is 11.5 Å². The summed E-state index contributed by atoms with van der Waals surface area (Å²) in [6.07, 6.45) is 2.03. The van der Waals surface area contributed by atoms with Crippen molar-refractivity contribution >= 4 is 21.3 Å². The molecule has 0 bridgehead atoms. The summed E-state index contributed by atoms with van der Waals surface area (Å²) in [6.45, 7) is 0. The first-order valence-electron chi connectivity index (χ1n) is 5.10. The van der Waals surface area contributed by atoms with Gasteiger partial charge in [0, 0.05) is 12.5 Å². The molecular formula is C9H12N3O4S+. The summed E-state index contributed by atoms with van der Waals surface area (Å²) in [5.74, 6) is 0.401. The van der Waals surface area contributed by atoms with Crippen molar-refractivity contribution in [2.45, 2.75) is 12.5 Å². The molecule has 0 saturated carbocycles. The van der Waals surface area contributed by atoms with Crippen LogP contribution in [0.15, 0.2) is 18.3 Å². The normalized spacial score (nSPS) is 22.2. The molecule has 0 aliphatic carbocycles. The van der Waals surface area contributed by atoms with Gasteiger partial charge in [0.2, 0.25) is 0 Å². The molecule has 92 valence electrons. The van der Waals surface area contributed by atoms with Gasteiger partial charge in [-0.25, -0.2) is 13.4 Å². The van der Waals surface area contributed by atoms with E-state index < -0.39 is 14.8 Å². The second-order valence-corrected chi connectivity index (χ2v) is 6.16. The SMILES string of the molecule is O=[N+]([O-])c1ccc[nH+]c1N[C@@H]1CCS(=O)(=O)C1. The van der Waals surface area contributed by atoms with Crippen molar-refractivity contribution in [3.05, 3.63) is 28.4 Å². The zero-order valence-corrected chi connectivity index (χ0v) is 9.74. The van der Waals surface area contributed by atoms with E-state index in [4.69, 9.17) is 0 Å². The van der Waals surface area contributed by atoms with Gasteiger partial charge in [-0.1, -0.05) is 0 Å². The molecule has 8 heteroatoms. The third kappa shape index (κ3) is 2.70. The molecule has 0 aromatic carbocycles. The number of hydrogen-bond acceptors (Lipinski definition) is 5. The first-order chi connectivity index (χ1) is 7.98. The average Bonchev–Trinajstić information content (AvgIpc) is 2.58. The third-order valence-electron chi connectivity index (χ3n) is 2.61. The van der Waals surface area contributed by atoms with E-state index in [1.54, 1.807) is 6.20 Å². The maximum atomic E-state index is 11.3. The largest absolute Gasteiger partial charge is 0.357 e. The van der Waals surface area contributed by atoms with E-state index >= 15 is 0 Å². The molecule has 1 aromatic rings. The highest BCUT2D eigenvalue weighted by atomic mass is 32.2. The van der Waals surface area contributed by atoms with Crippen molar-refractivity contribution in [1.29, 1.82) is 0 Å². The van der Waals surface area contributed by atoms with Gasteiger partial charge in [0.15, 0.2) is 9.84 Å². The fraction of sp³-hybridized carbons (Fsp3) is 0.444. The number of anilines is 1. The molecular weight excluding hydrogens is 246 g/mol. The van der Waals surface area contributed by atoms with Gasteiger partial charge in [0.1, 0.15) is 6.04 Å². The van der Waals surface area contributed by atoms with Crippen LogP contribution in [-0.2, 0) is 9.84 Å². The van der Waals surface area contributed by atoms with Crippen LogP contribution in [-0.4, -0.2) is 30.9 Å². The van der Waals surface area contributed by atoms with E-state index in [-0.39, 0.29) is 29.1 Å². The Balaban J connectivity index is 2.17. The van der Waals surface area contributed by atoms with Crippen LogP contribution in [0, 0.1) is 10.1 Å². The van der Waals surface area contributed by atoms with Gasteiger partial charge < -0.3 is 0 Å². The minimum absolute atomic E-state index is 0.0207. The number of hydrogen-bond donors (Lipinski definition) is 1. The standard InChI is InChI=1S/C9H11N3O4S/c13-12(14)8-2-1-4-10-9(8)11-7-3-5-17(15,16)6-7/h1-2,4,7H,3,5-6H2,(H,10,11)/p+1/t7-/m1/s1. The van der Waals surface area contributed by atoms with Crippen molar-refractivity contribution < 1.29 is 18.3 Å². The predicted octanol–water partition coefficient (Wildman–Crippen LogP) is 0.00790. The molecule has 0 amide bonds. The molecule has 1 atom stereocenters. The fourth-order valence-corrected chi connectivity index (χ4v) is 3.48. The van der Waals surface area contributed by atoms with Gasteiger partial charge in [0.25, 0.3) is 0 Å². The number of aromatic nitrogens is 1. The Bertz CT molecular complexity index is 543. The smallest absolute Gasteiger partial charge is 0.265 e. The quantitative estimate of drug-likeness (QED) is 0.607. The van der Waals surface area contributed by atoms with Crippen LogP contribution in [0.2, 0.25) is 0 Å². The second-order valence-electron chi connectivity index (χ2n) is 3.93. The van der Waals surface area contributed by atoms with Crippen molar-refractivity contribution in [3.63, 3.8) is 0 Å². The average molecular weight is 258 g/mol. The van der Waals surface area contributed by atoms with Crippen LogP contribution >= 0.6 is 0 Å². The van der Waals surface area contributed by atoms with Crippen LogP contribution < -0.4 is 10.3 Å². The molecule has 0 spiro atoms. The molecule has 1 aromatic heterocycles. The Kier molecular flexibility index (Phi) is 2.97. The minimum Gasteiger partial charge on any atom is -0.265 e. The lowest BCUT2D eigenvalue weighted by Gasteiger charge is -2.04. The number of nitrogens with one attached hydrogen (secondary N) is 2. The topological polar surface area (TPSA) is 103 Å². The van der Waals surface area contributed by atoms with Gasteiger partial charge in [-0.3, -0.25) is 15.4 Å². The summed E-state index contributed by atoms with van der Waals surface area (Å²) in [5.41, 5.74) is -0.0863. The summed E-state index contributed by atoms with van der Waals surface area (Å²) in [5, 5.41) is 13.6. The third-order valence-corrected chi connectivity index (χ3v) is 4.38. The highest BCUT2D eigenvalue weighted by Gasteiger charge is 2.33. The Morgan fingerprint density at radius 1 is 1.53 bits per heavy atom. The summed E-state index contributed by atoms with van der Waals surface area (Å²) < 4.78 is 22.5. The number of H-pyrrole nitrogens is 1. The van der Waals surface area contributed by atoms with E-state index in [1.807, 2.05) is 0 Å². The Morgan fingerprint density at radius 2 is 2.29 bits per heavy atom. The summed E-state index contributed by atoms with van der Waals surface area (Å²) in [6, 6.07) is 2.62. The van der Waals surface area contributed by atoms with E-state index in [0.29, 0.717) is 6.42 Å². The van der Waals surface area contributed by atoms with Gasteiger partial charge in [0.05, 0.1) is 22.6 Å². The first kappa shape index (κ1) is 11.8. The highest BCUT2D eigenvalue weighted by Crippen LogP contribution is 2.21. The Labute approximate surface area is 97.9 Å². The van der Waals surface area contributed by atoms with E-state index in [2.05, 4.69) is 10.3 Å². The molecule has 1 aliphatic rings. The molecule has 7 nitrogen and oxygen atoms in total. The van der Waals surface area contributed by atoms with E-state index in [1.165, 1.54) is 12.1 Å². The lowest BCUT2D eigenvalue weighted by atomic mass is 10.2. The van der Waals surface area contributed by atoms with E-state index in [9.17, 15) is 18.5 Å². The molecule has 2 rings (SSSR count).